The third-order valence-corrected chi connectivity index (χ3v) is 4.95. The van der Waals surface area contributed by atoms with Crippen molar-refractivity contribution in [1.82, 2.24) is 0 Å². The number of rotatable bonds is 5. The van der Waals surface area contributed by atoms with Crippen LogP contribution in [0.4, 0.5) is 21.5 Å². The van der Waals surface area contributed by atoms with E-state index in [1.165, 1.54) is 31.2 Å². The molecule has 0 spiro atoms. The van der Waals surface area contributed by atoms with Gasteiger partial charge in [0.05, 0.1) is 11.3 Å². The minimum Gasteiger partial charge on any atom is -0.350 e. The minimum absolute atomic E-state index is 0.122. The number of nitrogens with one attached hydrogen (secondary N) is 2. The molecule has 0 unspecified atom stereocenters. The zero-order valence-electron chi connectivity index (χ0n) is 17.5. The van der Waals surface area contributed by atoms with Gasteiger partial charge in [-0.3, -0.25) is 14.4 Å². The zero-order chi connectivity index (χ0) is 22.8. The Balaban J connectivity index is 1.78. The van der Waals surface area contributed by atoms with Crippen molar-refractivity contribution in [2.45, 2.75) is 13.8 Å². The van der Waals surface area contributed by atoms with E-state index in [1.807, 2.05) is 25.1 Å². The molecule has 7 heteroatoms. The Kier molecular flexibility index (Phi) is 5.55. The number of hydrogen-bond acceptors (Lipinski definition) is 4. The number of amides is 3. The molecule has 1 aliphatic rings. The van der Waals surface area contributed by atoms with E-state index in [2.05, 4.69) is 10.6 Å². The molecule has 3 aromatic rings. The fourth-order valence-electron chi connectivity index (χ4n) is 3.53. The van der Waals surface area contributed by atoms with Crippen molar-refractivity contribution in [1.29, 1.82) is 0 Å². The van der Waals surface area contributed by atoms with Crippen molar-refractivity contribution < 1.29 is 18.8 Å². The van der Waals surface area contributed by atoms with Crippen LogP contribution in [0.25, 0.3) is 5.57 Å². The number of nitrogens with zero attached hydrogens (tertiary/aromatic N) is 1. The fraction of sp³-hybridized carbons (Fsp3) is 0.0800. The molecule has 3 aromatic carbocycles. The number of carbonyl (C=O) groups excluding carboxylic acids is 3. The summed E-state index contributed by atoms with van der Waals surface area (Å²) in [5.41, 5.74) is 3.32. The number of anilines is 3. The molecular weight excluding hydrogens is 409 g/mol. The van der Waals surface area contributed by atoms with Crippen LogP contribution in [0.2, 0.25) is 0 Å². The first kappa shape index (κ1) is 21.0. The number of halogens is 1. The molecule has 160 valence electrons. The Morgan fingerprint density at radius 2 is 1.56 bits per heavy atom. The van der Waals surface area contributed by atoms with E-state index in [4.69, 9.17) is 0 Å². The van der Waals surface area contributed by atoms with Crippen molar-refractivity contribution in [2.24, 2.45) is 0 Å². The lowest BCUT2D eigenvalue weighted by Gasteiger charge is -2.15. The van der Waals surface area contributed by atoms with Gasteiger partial charge in [-0.05, 0) is 66.6 Å². The van der Waals surface area contributed by atoms with Gasteiger partial charge in [0, 0.05) is 18.3 Å². The van der Waals surface area contributed by atoms with Crippen LogP contribution < -0.4 is 15.5 Å². The van der Waals surface area contributed by atoms with Crippen LogP contribution in [0, 0.1) is 12.7 Å². The molecular formula is C25H20FN3O3. The van der Waals surface area contributed by atoms with E-state index in [1.54, 1.807) is 30.3 Å². The van der Waals surface area contributed by atoms with Crippen LogP contribution in [-0.2, 0) is 14.4 Å². The van der Waals surface area contributed by atoms with Crippen LogP contribution in [0.15, 0.2) is 78.5 Å². The Bertz CT molecular complexity index is 1250. The Labute approximate surface area is 184 Å². The second kappa shape index (κ2) is 8.47. The molecule has 1 heterocycles. The highest BCUT2D eigenvalue weighted by molar-refractivity contribution is 6.46. The highest BCUT2D eigenvalue weighted by atomic mass is 19.1. The van der Waals surface area contributed by atoms with Gasteiger partial charge in [-0.2, -0.15) is 0 Å². The molecule has 0 atom stereocenters. The van der Waals surface area contributed by atoms with E-state index in [0.717, 1.165) is 10.5 Å². The number of hydrogen-bond donors (Lipinski definition) is 2. The quantitative estimate of drug-likeness (QED) is 0.586. The summed E-state index contributed by atoms with van der Waals surface area (Å²) in [5.74, 6) is -1.74. The lowest BCUT2D eigenvalue weighted by molar-refractivity contribution is -0.120. The third-order valence-electron chi connectivity index (χ3n) is 4.95. The average molecular weight is 429 g/mol. The summed E-state index contributed by atoms with van der Waals surface area (Å²) in [6, 6.07) is 19.3. The van der Waals surface area contributed by atoms with Crippen LogP contribution in [0.5, 0.6) is 0 Å². The van der Waals surface area contributed by atoms with Crippen molar-refractivity contribution >= 4 is 40.4 Å². The number of imide groups is 1. The second-order valence-corrected chi connectivity index (χ2v) is 7.43. The summed E-state index contributed by atoms with van der Waals surface area (Å²) in [5, 5.41) is 5.76. The normalized spacial score (nSPS) is 13.5. The predicted molar refractivity (Wildman–Crippen MR) is 121 cm³/mol. The van der Waals surface area contributed by atoms with Gasteiger partial charge >= 0.3 is 0 Å². The number of aryl methyl sites for hydroxylation is 1. The monoisotopic (exact) mass is 429 g/mol. The maximum atomic E-state index is 13.4. The SMILES string of the molecule is CC(=O)Nc1ccc(C2=C(Nc3cccc(C)c3)C(=O)N(c3ccc(F)cc3)C2=O)cc1. The smallest absolute Gasteiger partial charge is 0.282 e. The van der Waals surface area contributed by atoms with Gasteiger partial charge in [0.1, 0.15) is 11.5 Å². The summed E-state index contributed by atoms with van der Waals surface area (Å²) in [4.78, 5) is 39.0. The molecule has 0 aromatic heterocycles. The number of carbonyl (C=O) groups is 3. The topological polar surface area (TPSA) is 78.5 Å². The van der Waals surface area contributed by atoms with Gasteiger partial charge < -0.3 is 10.6 Å². The highest BCUT2D eigenvalue weighted by Crippen LogP contribution is 2.34. The zero-order valence-corrected chi connectivity index (χ0v) is 17.5. The van der Waals surface area contributed by atoms with Crippen molar-refractivity contribution in [3.8, 4) is 0 Å². The maximum Gasteiger partial charge on any atom is 0.282 e. The van der Waals surface area contributed by atoms with E-state index in [-0.39, 0.29) is 22.9 Å². The van der Waals surface area contributed by atoms with Gasteiger partial charge in [-0.1, -0.05) is 24.3 Å². The summed E-state index contributed by atoms with van der Waals surface area (Å²) in [7, 11) is 0. The maximum absolute atomic E-state index is 13.4. The van der Waals surface area contributed by atoms with Gasteiger partial charge in [-0.15, -0.1) is 0 Å². The molecule has 32 heavy (non-hydrogen) atoms. The molecule has 0 aliphatic carbocycles. The van der Waals surface area contributed by atoms with Crippen LogP contribution in [0.3, 0.4) is 0 Å². The molecule has 0 fully saturated rings. The highest BCUT2D eigenvalue weighted by Gasteiger charge is 2.40. The standard InChI is InChI=1S/C25H20FN3O3/c1-15-4-3-5-20(14-15)28-23-22(17-6-10-19(11-7-17)27-16(2)30)24(31)29(25(23)32)21-12-8-18(26)9-13-21/h3-14,28H,1-2H3,(H,27,30). The first-order chi connectivity index (χ1) is 15.3. The van der Waals surface area contributed by atoms with Crippen LogP contribution >= 0.6 is 0 Å². The first-order valence-corrected chi connectivity index (χ1v) is 9.94. The van der Waals surface area contributed by atoms with Gasteiger partial charge in [0.15, 0.2) is 0 Å². The Morgan fingerprint density at radius 1 is 0.875 bits per heavy atom. The Hall–Kier alpha value is -4.26. The van der Waals surface area contributed by atoms with Gasteiger partial charge in [0.25, 0.3) is 11.8 Å². The molecule has 0 bridgehead atoms. The van der Waals surface area contributed by atoms with Crippen molar-refractivity contribution in [3.05, 3.63) is 95.4 Å². The van der Waals surface area contributed by atoms with E-state index in [9.17, 15) is 18.8 Å². The third kappa shape index (κ3) is 4.13. The second-order valence-electron chi connectivity index (χ2n) is 7.43. The van der Waals surface area contributed by atoms with Crippen LogP contribution in [-0.4, -0.2) is 17.7 Å². The molecule has 0 saturated carbocycles. The van der Waals surface area contributed by atoms with Gasteiger partial charge in [-0.25, -0.2) is 9.29 Å². The average Bonchev–Trinajstić information content (AvgIpc) is 2.99. The summed E-state index contributed by atoms with van der Waals surface area (Å²) >= 11 is 0. The van der Waals surface area contributed by atoms with E-state index in [0.29, 0.717) is 16.9 Å². The van der Waals surface area contributed by atoms with E-state index < -0.39 is 17.6 Å². The molecule has 1 aliphatic heterocycles. The summed E-state index contributed by atoms with van der Waals surface area (Å²) in [6.07, 6.45) is 0. The van der Waals surface area contributed by atoms with Crippen molar-refractivity contribution in [2.75, 3.05) is 15.5 Å². The molecule has 4 rings (SSSR count). The van der Waals surface area contributed by atoms with Gasteiger partial charge in [0.2, 0.25) is 5.91 Å². The first-order valence-electron chi connectivity index (χ1n) is 9.94. The molecule has 2 N–H and O–H groups in total. The molecule has 0 saturated heterocycles. The lowest BCUT2D eigenvalue weighted by atomic mass is 10.0. The summed E-state index contributed by atoms with van der Waals surface area (Å²) < 4.78 is 13.4. The largest absolute Gasteiger partial charge is 0.350 e. The molecule has 6 nitrogen and oxygen atoms in total. The summed E-state index contributed by atoms with van der Waals surface area (Å²) in [6.45, 7) is 3.33. The fourth-order valence-corrected chi connectivity index (χ4v) is 3.53. The number of benzene rings is 3. The minimum atomic E-state index is -0.538. The molecule has 0 radical (unpaired) electrons. The van der Waals surface area contributed by atoms with E-state index >= 15 is 0 Å². The molecule has 3 amide bonds. The Morgan fingerprint density at radius 3 is 2.19 bits per heavy atom. The lowest BCUT2D eigenvalue weighted by Crippen LogP contribution is -2.32. The predicted octanol–water partition coefficient (Wildman–Crippen LogP) is 4.49. The van der Waals surface area contributed by atoms with Crippen LogP contribution in [0.1, 0.15) is 18.1 Å². The van der Waals surface area contributed by atoms with Crippen molar-refractivity contribution in [3.63, 3.8) is 0 Å².